The minimum Gasteiger partial charge on any atom is -0.478 e. The van der Waals surface area contributed by atoms with E-state index < -0.39 is 12.0 Å². The van der Waals surface area contributed by atoms with Gasteiger partial charge in [0.15, 0.2) is 0 Å². The van der Waals surface area contributed by atoms with Crippen LogP contribution in [-0.2, 0) is 16.1 Å². The van der Waals surface area contributed by atoms with Crippen LogP contribution in [0, 0.1) is 0 Å². The molecule has 21 heavy (non-hydrogen) atoms. The average molecular weight is 296 g/mol. The highest BCUT2D eigenvalue weighted by atomic mass is 16.5. The first kappa shape index (κ1) is 15.5. The number of rotatable bonds is 6. The molecular weight excluding hydrogens is 276 g/mol. The quantitative estimate of drug-likeness (QED) is 0.803. The van der Waals surface area contributed by atoms with E-state index >= 15 is 0 Å². The summed E-state index contributed by atoms with van der Waals surface area (Å²) in [5, 5.41) is 11.9. The van der Waals surface area contributed by atoms with Crippen LogP contribution in [0.3, 0.4) is 0 Å². The van der Waals surface area contributed by atoms with Crippen LogP contribution in [0.5, 0.6) is 0 Å². The van der Waals surface area contributed by atoms with Crippen molar-refractivity contribution in [3.05, 3.63) is 23.7 Å². The van der Waals surface area contributed by atoms with E-state index in [-0.39, 0.29) is 18.0 Å². The summed E-state index contributed by atoms with van der Waals surface area (Å²) < 4.78 is 10.6. The lowest BCUT2D eigenvalue weighted by Crippen LogP contribution is -2.53. The van der Waals surface area contributed by atoms with Crippen LogP contribution in [0.25, 0.3) is 0 Å². The van der Waals surface area contributed by atoms with Crippen LogP contribution in [-0.4, -0.2) is 54.2 Å². The summed E-state index contributed by atoms with van der Waals surface area (Å²) in [4.78, 5) is 25.1. The second kappa shape index (κ2) is 7.24. The lowest BCUT2D eigenvalue weighted by molar-refractivity contribution is -0.133. The molecule has 1 fully saturated rings. The number of hydrogen-bond acceptors (Lipinski definition) is 5. The van der Waals surface area contributed by atoms with Crippen molar-refractivity contribution < 1.29 is 23.8 Å². The number of carboxylic acids is 1. The highest BCUT2D eigenvalue weighted by Crippen LogP contribution is 2.17. The van der Waals surface area contributed by atoms with Crippen molar-refractivity contribution >= 4 is 11.9 Å². The van der Waals surface area contributed by atoms with Crippen LogP contribution in [0.1, 0.15) is 29.5 Å². The van der Waals surface area contributed by atoms with Gasteiger partial charge in [-0.05, 0) is 12.5 Å². The summed E-state index contributed by atoms with van der Waals surface area (Å²) in [5.41, 5.74) is 0.134. The monoisotopic (exact) mass is 296 g/mol. The highest BCUT2D eigenvalue weighted by molar-refractivity contribution is 5.88. The van der Waals surface area contributed by atoms with Gasteiger partial charge in [0, 0.05) is 13.1 Å². The molecule has 1 atom stereocenters. The molecule has 1 saturated heterocycles. The molecule has 0 aromatic carbocycles. The Labute approximate surface area is 122 Å². The summed E-state index contributed by atoms with van der Waals surface area (Å²) in [5.74, 6) is -0.767. The molecule has 2 heterocycles. The van der Waals surface area contributed by atoms with Crippen LogP contribution in [0.15, 0.2) is 16.7 Å². The first-order valence-electron chi connectivity index (χ1n) is 7.02. The lowest BCUT2D eigenvalue weighted by Gasteiger charge is -2.33. The minimum absolute atomic E-state index is 0.0972. The van der Waals surface area contributed by atoms with Crippen molar-refractivity contribution in [3.8, 4) is 0 Å². The number of amides is 1. The van der Waals surface area contributed by atoms with E-state index in [0.717, 1.165) is 6.42 Å². The smallest absolute Gasteiger partial charge is 0.339 e. The highest BCUT2D eigenvalue weighted by Gasteiger charge is 2.30. The van der Waals surface area contributed by atoms with Gasteiger partial charge in [0.25, 0.3) is 0 Å². The Bertz CT molecular complexity index is 499. The van der Waals surface area contributed by atoms with Gasteiger partial charge in [0.2, 0.25) is 5.91 Å². The summed E-state index contributed by atoms with van der Waals surface area (Å²) in [6.07, 6.45) is 2.21. The van der Waals surface area contributed by atoms with E-state index in [0.29, 0.717) is 32.1 Å². The predicted octanol–water partition coefficient (Wildman–Crippen LogP) is 0.705. The zero-order valence-electron chi connectivity index (χ0n) is 12.0. The molecule has 1 aliphatic heterocycles. The van der Waals surface area contributed by atoms with E-state index in [1.54, 1.807) is 0 Å². The fourth-order valence-corrected chi connectivity index (χ4v) is 2.27. The third kappa shape index (κ3) is 3.83. The summed E-state index contributed by atoms with van der Waals surface area (Å²) in [6, 6.07) is 1.00. The second-order valence-corrected chi connectivity index (χ2v) is 4.91. The van der Waals surface area contributed by atoms with Crippen molar-refractivity contribution in [2.45, 2.75) is 25.9 Å². The van der Waals surface area contributed by atoms with Gasteiger partial charge >= 0.3 is 5.97 Å². The maximum atomic E-state index is 12.1. The average Bonchev–Trinajstić information content (AvgIpc) is 2.93. The lowest BCUT2D eigenvalue weighted by atomic mass is 10.1. The van der Waals surface area contributed by atoms with Gasteiger partial charge in [0.05, 0.1) is 26.0 Å². The molecule has 0 saturated carbocycles. The number of ether oxygens (including phenoxy) is 1. The number of carboxylic acid groups (broad SMARTS) is 1. The Morgan fingerprint density at radius 3 is 3.05 bits per heavy atom. The molecule has 1 amide bonds. The molecule has 0 bridgehead atoms. The Balaban J connectivity index is 2.06. The van der Waals surface area contributed by atoms with Crippen LogP contribution in [0.2, 0.25) is 0 Å². The van der Waals surface area contributed by atoms with Gasteiger partial charge in [-0.15, -0.1) is 0 Å². The second-order valence-electron chi connectivity index (χ2n) is 4.91. The van der Waals surface area contributed by atoms with E-state index in [9.17, 15) is 9.59 Å². The fourth-order valence-electron chi connectivity index (χ4n) is 2.27. The van der Waals surface area contributed by atoms with E-state index in [1.807, 2.05) is 11.8 Å². The predicted molar refractivity (Wildman–Crippen MR) is 74.0 cm³/mol. The SMILES string of the molecule is CCCNC(=O)C1COCCN1Cc1occc1C(=O)O. The number of morpholine rings is 1. The van der Waals surface area contributed by atoms with Crippen molar-refractivity contribution in [1.29, 1.82) is 0 Å². The number of aromatic carboxylic acids is 1. The first-order valence-corrected chi connectivity index (χ1v) is 7.02. The number of nitrogens with zero attached hydrogens (tertiary/aromatic N) is 1. The number of furan rings is 1. The van der Waals surface area contributed by atoms with Gasteiger partial charge in [-0.2, -0.15) is 0 Å². The van der Waals surface area contributed by atoms with Gasteiger partial charge in [-0.3, -0.25) is 9.69 Å². The zero-order chi connectivity index (χ0) is 15.2. The topological polar surface area (TPSA) is 92.0 Å². The van der Waals surface area contributed by atoms with Gasteiger partial charge < -0.3 is 19.6 Å². The van der Waals surface area contributed by atoms with Crippen LogP contribution in [0.4, 0.5) is 0 Å². The number of carbonyl (C=O) groups is 2. The van der Waals surface area contributed by atoms with E-state index in [4.69, 9.17) is 14.3 Å². The molecule has 1 unspecified atom stereocenters. The van der Waals surface area contributed by atoms with Crippen LogP contribution >= 0.6 is 0 Å². The third-order valence-electron chi connectivity index (χ3n) is 3.41. The standard InChI is InChI=1S/C14H20N2O5/c1-2-4-15-13(17)11-9-20-7-5-16(11)8-12-10(14(18)19)3-6-21-12/h3,6,11H,2,4-5,7-9H2,1H3,(H,15,17)(H,18,19). The molecule has 7 nitrogen and oxygen atoms in total. The summed E-state index contributed by atoms with van der Waals surface area (Å²) in [6.45, 7) is 4.26. The molecule has 0 radical (unpaired) electrons. The Morgan fingerprint density at radius 1 is 1.52 bits per heavy atom. The van der Waals surface area contributed by atoms with E-state index in [1.165, 1.54) is 12.3 Å². The molecule has 1 aromatic heterocycles. The maximum absolute atomic E-state index is 12.1. The van der Waals surface area contributed by atoms with Crippen molar-refractivity contribution in [1.82, 2.24) is 10.2 Å². The van der Waals surface area contributed by atoms with Crippen LogP contribution < -0.4 is 5.32 Å². The molecule has 2 rings (SSSR count). The van der Waals surface area contributed by atoms with Gasteiger partial charge in [0.1, 0.15) is 17.4 Å². The van der Waals surface area contributed by atoms with E-state index in [2.05, 4.69) is 5.32 Å². The Kier molecular flexibility index (Phi) is 5.35. The molecule has 116 valence electrons. The largest absolute Gasteiger partial charge is 0.478 e. The summed E-state index contributed by atoms with van der Waals surface area (Å²) >= 11 is 0. The maximum Gasteiger partial charge on any atom is 0.339 e. The Morgan fingerprint density at radius 2 is 2.33 bits per heavy atom. The third-order valence-corrected chi connectivity index (χ3v) is 3.41. The summed E-state index contributed by atoms with van der Waals surface area (Å²) in [7, 11) is 0. The molecule has 0 spiro atoms. The molecule has 1 aromatic rings. The number of nitrogens with one attached hydrogen (secondary N) is 1. The number of carbonyl (C=O) groups excluding carboxylic acids is 1. The molecule has 7 heteroatoms. The van der Waals surface area contributed by atoms with Crippen molar-refractivity contribution in [2.75, 3.05) is 26.3 Å². The molecule has 0 aliphatic carbocycles. The normalized spacial score (nSPS) is 19.4. The first-order chi connectivity index (χ1) is 10.1. The zero-order valence-corrected chi connectivity index (χ0v) is 12.0. The van der Waals surface area contributed by atoms with Crippen molar-refractivity contribution in [2.24, 2.45) is 0 Å². The van der Waals surface area contributed by atoms with Crippen molar-refractivity contribution in [3.63, 3.8) is 0 Å². The van der Waals surface area contributed by atoms with Gasteiger partial charge in [-0.25, -0.2) is 4.79 Å². The minimum atomic E-state index is -1.03. The number of hydrogen-bond donors (Lipinski definition) is 2. The molecule has 2 N–H and O–H groups in total. The molecule has 1 aliphatic rings. The fraction of sp³-hybridized carbons (Fsp3) is 0.571. The molecular formula is C14H20N2O5. The Hall–Kier alpha value is -1.86. The van der Waals surface area contributed by atoms with Gasteiger partial charge in [-0.1, -0.05) is 6.92 Å².